The SMILES string of the molecule is COC(CN)CC(=O)Nc1cccc(I)c1.Cl. The van der Waals surface area contributed by atoms with Crippen molar-refractivity contribution >= 4 is 46.6 Å². The van der Waals surface area contributed by atoms with Gasteiger partial charge < -0.3 is 15.8 Å². The van der Waals surface area contributed by atoms with E-state index >= 15 is 0 Å². The normalized spacial score (nSPS) is 11.5. The summed E-state index contributed by atoms with van der Waals surface area (Å²) in [7, 11) is 1.55. The molecule has 3 N–H and O–H groups in total. The molecule has 0 radical (unpaired) electrons. The second kappa shape index (κ2) is 8.68. The van der Waals surface area contributed by atoms with Gasteiger partial charge in [-0.2, -0.15) is 0 Å². The number of ether oxygens (including phenoxy) is 1. The average molecular weight is 371 g/mol. The van der Waals surface area contributed by atoms with Gasteiger partial charge in [0.05, 0.1) is 12.5 Å². The highest BCUT2D eigenvalue weighted by Crippen LogP contribution is 2.12. The Morgan fingerprint density at radius 1 is 1.59 bits per heavy atom. The smallest absolute Gasteiger partial charge is 0.227 e. The van der Waals surface area contributed by atoms with Gasteiger partial charge in [0.2, 0.25) is 5.91 Å². The number of hydrogen-bond donors (Lipinski definition) is 2. The van der Waals surface area contributed by atoms with E-state index in [2.05, 4.69) is 27.9 Å². The standard InChI is InChI=1S/C11H15IN2O2.ClH/c1-16-10(7-13)6-11(15)14-9-4-2-3-8(12)5-9;/h2-5,10H,6-7,13H2,1H3,(H,14,15);1H. The number of nitrogens with one attached hydrogen (secondary N) is 1. The fourth-order valence-electron chi connectivity index (χ4n) is 1.25. The lowest BCUT2D eigenvalue weighted by atomic mass is 10.2. The van der Waals surface area contributed by atoms with Crippen molar-refractivity contribution in [3.8, 4) is 0 Å². The highest BCUT2D eigenvalue weighted by molar-refractivity contribution is 14.1. The van der Waals surface area contributed by atoms with E-state index in [9.17, 15) is 4.79 Å². The summed E-state index contributed by atoms with van der Waals surface area (Å²) < 4.78 is 6.13. The average Bonchev–Trinajstić information content (AvgIpc) is 2.26. The molecule has 96 valence electrons. The van der Waals surface area contributed by atoms with Crippen molar-refractivity contribution in [1.29, 1.82) is 0 Å². The number of hydrogen-bond acceptors (Lipinski definition) is 3. The summed E-state index contributed by atoms with van der Waals surface area (Å²) in [5.74, 6) is -0.0840. The molecular weight excluding hydrogens is 354 g/mol. The molecule has 0 aliphatic carbocycles. The first-order chi connectivity index (χ1) is 7.65. The molecule has 1 atom stereocenters. The van der Waals surface area contributed by atoms with Crippen LogP contribution < -0.4 is 11.1 Å². The van der Waals surface area contributed by atoms with Crippen LogP contribution in [0.4, 0.5) is 5.69 Å². The molecule has 0 fully saturated rings. The quantitative estimate of drug-likeness (QED) is 0.780. The molecule has 0 heterocycles. The van der Waals surface area contributed by atoms with Gasteiger partial charge in [-0.05, 0) is 40.8 Å². The maximum absolute atomic E-state index is 11.6. The lowest BCUT2D eigenvalue weighted by Gasteiger charge is -2.12. The van der Waals surface area contributed by atoms with Crippen LogP contribution in [0.15, 0.2) is 24.3 Å². The molecule has 0 aliphatic rings. The summed E-state index contributed by atoms with van der Waals surface area (Å²) in [4.78, 5) is 11.6. The van der Waals surface area contributed by atoms with Gasteiger partial charge in [0, 0.05) is 22.9 Å². The number of carbonyl (C=O) groups is 1. The zero-order valence-corrected chi connectivity index (χ0v) is 12.5. The maximum atomic E-state index is 11.6. The third kappa shape index (κ3) is 6.21. The molecule has 1 unspecified atom stereocenters. The molecule has 0 spiro atoms. The van der Waals surface area contributed by atoms with E-state index in [4.69, 9.17) is 10.5 Å². The minimum atomic E-state index is -0.220. The van der Waals surface area contributed by atoms with Crippen LogP contribution in [0.25, 0.3) is 0 Å². The van der Waals surface area contributed by atoms with Gasteiger partial charge in [0.1, 0.15) is 0 Å². The molecule has 0 bridgehead atoms. The molecule has 17 heavy (non-hydrogen) atoms. The third-order valence-corrected chi connectivity index (χ3v) is 2.79. The van der Waals surface area contributed by atoms with Crippen molar-refractivity contribution in [3.63, 3.8) is 0 Å². The van der Waals surface area contributed by atoms with E-state index in [1.807, 2.05) is 24.3 Å². The van der Waals surface area contributed by atoms with Gasteiger partial charge in [-0.25, -0.2) is 0 Å². The minimum Gasteiger partial charge on any atom is -0.380 e. The lowest BCUT2D eigenvalue weighted by Crippen LogP contribution is -2.28. The molecule has 4 nitrogen and oxygen atoms in total. The zero-order valence-electron chi connectivity index (χ0n) is 9.48. The van der Waals surface area contributed by atoms with E-state index in [1.54, 1.807) is 7.11 Å². The molecular formula is C11H16ClIN2O2. The summed E-state index contributed by atoms with van der Waals surface area (Å²) >= 11 is 2.20. The van der Waals surface area contributed by atoms with E-state index in [-0.39, 0.29) is 30.8 Å². The monoisotopic (exact) mass is 370 g/mol. The molecule has 0 saturated heterocycles. The largest absolute Gasteiger partial charge is 0.380 e. The van der Waals surface area contributed by atoms with Crippen LogP contribution in [0.5, 0.6) is 0 Å². The van der Waals surface area contributed by atoms with Gasteiger partial charge in [0.15, 0.2) is 0 Å². The van der Waals surface area contributed by atoms with E-state index in [0.717, 1.165) is 9.26 Å². The minimum absolute atomic E-state index is 0. The summed E-state index contributed by atoms with van der Waals surface area (Å²) in [6.45, 7) is 0.343. The van der Waals surface area contributed by atoms with E-state index < -0.39 is 0 Å². The second-order valence-electron chi connectivity index (χ2n) is 3.36. The Kier molecular flexibility index (Phi) is 8.49. The molecule has 1 aromatic rings. The Hall–Kier alpha value is -0.370. The second-order valence-corrected chi connectivity index (χ2v) is 4.60. The number of nitrogens with two attached hydrogens (primary N) is 1. The van der Waals surface area contributed by atoms with Crippen molar-refractivity contribution in [1.82, 2.24) is 0 Å². The Balaban J connectivity index is 0.00000256. The number of halogens is 2. The van der Waals surface area contributed by atoms with Gasteiger partial charge in [-0.15, -0.1) is 12.4 Å². The predicted molar refractivity (Wildman–Crippen MR) is 79.5 cm³/mol. The van der Waals surface area contributed by atoms with Crippen LogP contribution in [-0.2, 0) is 9.53 Å². The zero-order chi connectivity index (χ0) is 12.0. The van der Waals surface area contributed by atoms with Crippen LogP contribution in [0.3, 0.4) is 0 Å². The van der Waals surface area contributed by atoms with Crippen molar-refractivity contribution in [2.45, 2.75) is 12.5 Å². The molecule has 6 heteroatoms. The molecule has 1 rings (SSSR count). The topological polar surface area (TPSA) is 64.3 Å². The molecule has 0 saturated carbocycles. The summed E-state index contributed by atoms with van der Waals surface area (Å²) in [5.41, 5.74) is 6.24. The number of methoxy groups -OCH3 is 1. The van der Waals surface area contributed by atoms with Gasteiger partial charge in [-0.3, -0.25) is 4.79 Å². The lowest BCUT2D eigenvalue weighted by molar-refractivity contribution is -0.118. The summed E-state index contributed by atoms with van der Waals surface area (Å²) in [6.07, 6.45) is 0.0566. The van der Waals surface area contributed by atoms with Gasteiger partial charge >= 0.3 is 0 Å². The van der Waals surface area contributed by atoms with Gasteiger partial charge in [-0.1, -0.05) is 6.07 Å². The number of benzene rings is 1. The van der Waals surface area contributed by atoms with Gasteiger partial charge in [0.25, 0.3) is 0 Å². The highest BCUT2D eigenvalue weighted by Gasteiger charge is 2.11. The summed E-state index contributed by atoms with van der Waals surface area (Å²) in [6, 6.07) is 7.62. The van der Waals surface area contributed by atoms with Crippen LogP contribution in [0, 0.1) is 3.57 Å². The Labute approximate surface area is 121 Å². The first-order valence-corrected chi connectivity index (χ1v) is 6.02. The number of rotatable bonds is 5. The fraction of sp³-hybridized carbons (Fsp3) is 0.364. The van der Waals surface area contributed by atoms with Crippen LogP contribution >= 0.6 is 35.0 Å². The Bertz CT molecular complexity index is 359. The molecule has 0 aliphatic heterocycles. The molecule has 1 aromatic carbocycles. The number of anilines is 1. The Morgan fingerprint density at radius 2 is 2.29 bits per heavy atom. The van der Waals surface area contributed by atoms with Crippen LogP contribution in [0.2, 0.25) is 0 Å². The first kappa shape index (κ1) is 16.6. The third-order valence-electron chi connectivity index (χ3n) is 2.12. The van der Waals surface area contributed by atoms with Crippen molar-refractivity contribution < 1.29 is 9.53 Å². The van der Waals surface area contributed by atoms with E-state index in [0.29, 0.717) is 6.54 Å². The van der Waals surface area contributed by atoms with Crippen molar-refractivity contribution in [3.05, 3.63) is 27.8 Å². The number of carbonyl (C=O) groups excluding carboxylic acids is 1. The molecule has 1 amide bonds. The van der Waals surface area contributed by atoms with E-state index in [1.165, 1.54) is 0 Å². The first-order valence-electron chi connectivity index (χ1n) is 4.94. The van der Waals surface area contributed by atoms with Crippen LogP contribution in [0.1, 0.15) is 6.42 Å². The fourth-order valence-corrected chi connectivity index (χ4v) is 1.79. The number of amides is 1. The summed E-state index contributed by atoms with van der Waals surface area (Å²) in [5, 5.41) is 2.80. The Morgan fingerprint density at radius 3 is 2.82 bits per heavy atom. The maximum Gasteiger partial charge on any atom is 0.227 e. The van der Waals surface area contributed by atoms with Crippen molar-refractivity contribution in [2.75, 3.05) is 19.0 Å². The van der Waals surface area contributed by atoms with Crippen LogP contribution in [-0.4, -0.2) is 25.7 Å². The molecule has 0 aromatic heterocycles. The predicted octanol–water partition coefficient (Wildman–Crippen LogP) is 2.02. The highest BCUT2D eigenvalue weighted by atomic mass is 127. The van der Waals surface area contributed by atoms with Crippen molar-refractivity contribution in [2.24, 2.45) is 5.73 Å².